The summed E-state index contributed by atoms with van der Waals surface area (Å²) in [5, 5.41) is 0. The molecule has 1 fully saturated rings. The number of nitrogens with zero attached hydrogens (tertiary/aromatic N) is 1. The number of rotatable bonds is 0. The topological polar surface area (TPSA) is 55.8 Å². The van der Waals surface area contributed by atoms with Gasteiger partial charge in [-0.05, 0) is 39.8 Å². The third kappa shape index (κ3) is 2.67. The van der Waals surface area contributed by atoms with Gasteiger partial charge in [0, 0.05) is 0 Å². The first-order valence-corrected chi connectivity index (χ1v) is 7.48. The molecule has 1 amide bonds. The fourth-order valence-corrected chi connectivity index (χ4v) is 2.89. The number of ether oxygens (including phenoxy) is 2. The Kier molecular flexibility index (Phi) is 3.20. The van der Waals surface area contributed by atoms with Gasteiger partial charge in [0.15, 0.2) is 11.4 Å². The van der Waals surface area contributed by atoms with Crippen molar-refractivity contribution < 1.29 is 19.1 Å². The van der Waals surface area contributed by atoms with Crippen molar-refractivity contribution in [2.45, 2.75) is 45.3 Å². The van der Waals surface area contributed by atoms with Gasteiger partial charge in [0.25, 0.3) is 0 Å². The second-order valence-corrected chi connectivity index (χ2v) is 7.22. The van der Waals surface area contributed by atoms with Crippen LogP contribution < -0.4 is 4.74 Å². The molecule has 0 atom stereocenters. The van der Waals surface area contributed by atoms with Crippen molar-refractivity contribution in [3.05, 3.63) is 29.3 Å². The maximum absolute atomic E-state index is 12.3. The molecule has 2 aliphatic heterocycles. The van der Waals surface area contributed by atoms with Crippen molar-refractivity contribution in [2.75, 3.05) is 13.1 Å². The van der Waals surface area contributed by atoms with Gasteiger partial charge < -0.3 is 9.47 Å². The van der Waals surface area contributed by atoms with Gasteiger partial charge in [0.1, 0.15) is 11.4 Å². The zero-order valence-electron chi connectivity index (χ0n) is 13.4. The summed E-state index contributed by atoms with van der Waals surface area (Å²) in [5.74, 6) is 0.694. The highest BCUT2D eigenvalue weighted by Crippen LogP contribution is 2.39. The van der Waals surface area contributed by atoms with Gasteiger partial charge in [-0.25, -0.2) is 4.79 Å². The monoisotopic (exact) mass is 303 g/mol. The van der Waals surface area contributed by atoms with Crippen molar-refractivity contribution in [3.63, 3.8) is 0 Å². The number of fused-ring (bicyclic) bond motifs is 1. The van der Waals surface area contributed by atoms with Gasteiger partial charge in [-0.2, -0.15) is 0 Å². The second kappa shape index (κ2) is 4.73. The van der Waals surface area contributed by atoms with Crippen LogP contribution in [0.25, 0.3) is 0 Å². The quantitative estimate of drug-likeness (QED) is 0.739. The molecule has 118 valence electrons. The summed E-state index contributed by atoms with van der Waals surface area (Å²) in [4.78, 5) is 25.9. The Morgan fingerprint density at radius 3 is 2.64 bits per heavy atom. The molecule has 0 bridgehead atoms. The number of ketones is 1. The van der Waals surface area contributed by atoms with E-state index >= 15 is 0 Å². The average Bonchev–Trinajstić information content (AvgIpc) is 2.34. The van der Waals surface area contributed by atoms with Crippen LogP contribution >= 0.6 is 0 Å². The second-order valence-electron chi connectivity index (χ2n) is 7.22. The Labute approximate surface area is 130 Å². The van der Waals surface area contributed by atoms with Crippen LogP contribution in [0.1, 0.15) is 43.1 Å². The summed E-state index contributed by atoms with van der Waals surface area (Å²) in [7, 11) is 0. The van der Waals surface area contributed by atoms with Crippen molar-refractivity contribution in [2.24, 2.45) is 0 Å². The summed E-state index contributed by atoms with van der Waals surface area (Å²) >= 11 is 0. The molecule has 0 aliphatic carbocycles. The highest BCUT2D eigenvalue weighted by Gasteiger charge is 2.52. The number of hydrogen-bond acceptors (Lipinski definition) is 4. The van der Waals surface area contributed by atoms with E-state index in [0.717, 1.165) is 5.56 Å². The number of benzene rings is 1. The Balaban J connectivity index is 1.70. The van der Waals surface area contributed by atoms with Crippen molar-refractivity contribution in [1.82, 2.24) is 4.90 Å². The first-order chi connectivity index (χ1) is 10.2. The fourth-order valence-electron chi connectivity index (χ4n) is 2.89. The Morgan fingerprint density at radius 2 is 2.00 bits per heavy atom. The third-order valence-corrected chi connectivity index (χ3v) is 3.85. The van der Waals surface area contributed by atoms with Gasteiger partial charge in [-0.15, -0.1) is 0 Å². The first kappa shape index (κ1) is 14.9. The zero-order valence-corrected chi connectivity index (χ0v) is 13.4. The zero-order chi connectivity index (χ0) is 16.1. The lowest BCUT2D eigenvalue weighted by molar-refractivity contribution is -0.0846. The fraction of sp³-hybridized carbons (Fsp3) is 0.529. The molecule has 2 heterocycles. The lowest BCUT2D eigenvalue weighted by Gasteiger charge is -2.50. The first-order valence-electron chi connectivity index (χ1n) is 7.48. The van der Waals surface area contributed by atoms with Crippen LogP contribution in [0.5, 0.6) is 5.75 Å². The van der Waals surface area contributed by atoms with Gasteiger partial charge in [-0.1, -0.05) is 11.6 Å². The molecular weight excluding hydrogens is 282 g/mol. The maximum atomic E-state index is 12.3. The van der Waals surface area contributed by atoms with E-state index in [1.54, 1.807) is 4.90 Å². The van der Waals surface area contributed by atoms with Crippen LogP contribution in [0.4, 0.5) is 4.79 Å². The van der Waals surface area contributed by atoms with Crippen LogP contribution in [0.2, 0.25) is 0 Å². The number of aryl methyl sites for hydroxylation is 1. The minimum Gasteiger partial charge on any atom is -0.482 e. The molecule has 3 rings (SSSR count). The smallest absolute Gasteiger partial charge is 0.410 e. The van der Waals surface area contributed by atoms with Crippen molar-refractivity contribution >= 4 is 11.9 Å². The molecule has 2 aliphatic rings. The molecule has 22 heavy (non-hydrogen) atoms. The molecule has 0 aromatic heterocycles. The average molecular weight is 303 g/mol. The van der Waals surface area contributed by atoms with Gasteiger partial charge in [0.2, 0.25) is 0 Å². The molecule has 5 heteroatoms. The summed E-state index contributed by atoms with van der Waals surface area (Å²) in [6.07, 6.45) is -0.0492. The standard InChI is InChI=1S/C17H21NO4/c1-11-5-6-14-12(7-11)13(19)8-17(21-14)9-18(10-17)15(20)22-16(2,3)4/h5-7H,8-10H2,1-4H3. The van der Waals surface area contributed by atoms with E-state index in [2.05, 4.69) is 0 Å². The summed E-state index contributed by atoms with van der Waals surface area (Å²) in [5.41, 5.74) is 0.570. The Hall–Kier alpha value is -2.04. The van der Waals surface area contributed by atoms with E-state index < -0.39 is 11.2 Å². The molecule has 1 aromatic rings. The number of likely N-dealkylation sites (tertiary alicyclic amines) is 1. The largest absolute Gasteiger partial charge is 0.482 e. The molecule has 5 nitrogen and oxygen atoms in total. The van der Waals surface area contributed by atoms with E-state index in [1.165, 1.54) is 0 Å². The normalized spacial score (nSPS) is 19.3. The predicted octanol–water partition coefficient (Wildman–Crippen LogP) is 2.95. The molecular formula is C17H21NO4. The summed E-state index contributed by atoms with van der Waals surface area (Å²) < 4.78 is 11.4. The van der Waals surface area contributed by atoms with Crippen molar-refractivity contribution in [3.8, 4) is 5.75 Å². The lowest BCUT2D eigenvalue weighted by atomic mass is 9.83. The van der Waals surface area contributed by atoms with Gasteiger partial charge >= 0.3 is 6.09 Å². The van der Waals surface area contributed by atoms with E-state index in [-0.39, 0.29) is 11.9 Å². The van der Waals surface area contributed by atoms with Crippen molar-refractivity contribution in [1.29, 1.82) is 0 Å². The molecule has 0 radical (unpaired) electrons. The Morgan fingerprint density at radius 1 is 1.32 bits per heavy atom. The molecule has 0 N–H and O–H groups in total. The van der Waals surface area contributed by atoms with Gasteiger partial charge in [0.05, 0.1) is 25.1 Å². The lowest BCUT2D eigenvalue weighted by Crippen LogP contribution is -2.68. The molecule has 1 saturated heterocycles. The van der Waals surface area contributed by atoms with Gasteiger partial charge in [-0.3, -0.25) is 9.69 Å². The van der Waals surface area contributed by atoms with E-state index in [1.807, 2.05) is 45.9 Å². The summed E-state index contributed by atoms with van der Waals surface area (Å²) in [6.45, 7) is 8.23. The van der Waals surface area contributed by atoms with E-state index in [4.69, 9.17) is 9.47 Å². The molecule has 0 saturated carbocycles. The Bertz CT molecular complexity index is 639. The van der Waals surface area contributed by atoms with Crippen LogP contribution in [-0.2, 0) is 4.74 Å². The minimum atomic E-state index is -0.587. The highest BCUT2D eigenvalue weighted by molar-refractivity contribution is 6.00. The minimum absolute atomic E-state index is 0.0776. The summed E-state index contributed by atoms with van der Waals surface area (Å²) in [6, 6.07) is 5.61. The van der Waals surface area contributed by atoms with E-state index in [0.29, 0.717) is 30.8 Å². The maximum Gasteiger partial charge on any atom is 0.410 e. The third-order valence-electron chi connectivity index (χ3n) is 3.85. The van der Waals surface area contributed by atoms with Crippen LogP contribution in [0, 0.1) is 6.92 Å². The predicted molar refractivity (Wildman–Crippen MR) is 81.3 cm³/mol. The molecule has 1 aromatic carbocycles. The molecule has 0 unspecified atom stereocenters. The number of hydrogen-bond donors (Lipinski definition) is 0. The number of Topliss-reactive ketones (excluding diaryl/α,β-unsaturated/α-hetero) is 1. The number of carbonyl (C=O) groups excluding carboxylic acids is 2. The number of amides is 1. The molecule has 1 spiro atoms. The van der Waals surface area contributed by atoms with Crippen LogP contribution in [-0.4, -0.2) is 41.1 Å². The van der Waals surface area contributed by atoms with Crippen LogP contribution in [0.15, 0.2) is 18.2 Å². The van der Waals surface area contributed by atoms with Crippen LogP contribution in [0.3, 0.4) is 0 Å². The SMILES string of the molecule is Cc1ccc2c(c1)C(=O)CC1(CN(C(=O)OC(C)(C)C)C1)O2. The number of carbonyl (C=O) groups is 2. The highest BCUT2D eigenvalue weighted by atomic mass is 16.6. The van der Waals surface area contributed by atoms with E-state index in [9.17, 15) is 9.59 Å².